The highest BCUT2D eigenvalue weighted by atomic mass is 32.1. The molecule has 1 amide bonds. The maximum Gasteiger partial charge on any atom is 0.256 e. The maximum absolute atomic E-state index is 12.5. The van der Waals surface area contributed by atoms with Crippen molar-refractivity contribution in [3.05, 3.63) is 11.3 Å². The summed E-state index contributed by atoms with van der Waals surface area (Å²) in [7, 11) is 1.81. The van der Waals surface area contributed by atoms with Crippen molar-refractivity contribution in [3.8, 4) is 0 Å². The van der Waals surface area contributed by atoms with E-state index < -0.39 is 0 Å². The molecule has 1 aromatic rings. The van der Waals surface area contributed by atoms with Gasteiger partial charge in [0.2, 0.25) is 0 Å². The number of amides is 1. The van der Waals surface area contributed by atoms with E-state index in [0.717, 1.165) is 23.8 Å². The Kier molecular flexibility index (Phi) is 5.65. The highest BCUT2D eigenvalue weighted by Gasteiger charge is 2.33. The summed E-state index contributed by atoms with van der Waals surface area (Å²) in [5.74, 6) is -0.0666. The number of ether oxygens (including phenoxy) is 1. The number of aromatic nitrogens is 1. The van der Waals surface area contributed by atoms with Gasteiger partial charge in [0.15, 0.2) is 0 Å². The molecule has 0 bridgehead atoms. The van der Waals surface area contributed by atoms with Gasteiger partial charge >= 0.3 is 0 Å². The highest BCUT2D eigenvalue weighted by Crippen LogP contribution is 2.24. The molecular weight excluding hydrogens is 312 g/mol. The Labute approximate surface area is 142 Å². The summed E-state index contributed by atoms with van der Waals surface area (Å²) in [6.07, 6.45) is 0.431. The van der Waals surface area contributed by atoms with Gasteiger partial charge in [0.05, 0.1) is 23.5 Å². The van der Waals surface area contributed by atoms with Crippen molar-refractivity contribution >= 4 is 22.4 Å². The zero-order chi connectivity index (χ0) is 17.2. The van der Waals surface area contributed by atoms with Crippen LogP contribution in [0, 0.1) is 6.92 Å². The first kappa shape index (κ1) is 18.2. The molecule has 1 aliphatic heterocycles. The monoisotopic (exact) mass is 340 g/mol. The molecule has 0 radical (unpaired) electrons. The van der Waals surface area contributed by atoms with Crippen LogP contribution < -0.4 is 10.6 Å². The Morgan fingerprint density at radius 2 is 2.00 bits per heavy atom. The molecule has 2 rings (SSSR count). The number of rotatable bonds is 5. The topological polar surface area (TPSA) is 66.5 Å². The lowest BCUT2D eigenvalue weighted by Gasteiger charge is -2.45. The number of nitrogens with one attached hydrogen (secondary N) is 2. The third kappa shape index (κ3) is 4.22. The fourth-order valence-corrected chi connectivity index (χ4v) is 3.72. The maximum atomic E-state index is 12.5. The van der Waals surface area contributed by atoms with Gasteiger partial charge in [-0.3, -0.25) is 9.69 Å². The van der Waals surface area contributed by atoms with Crippen LogP contribution >= 0.6 is 11.5 Å². The zero-order valence-electron chi connectivity index (χ0n) is 14.9. The summed E-state index contributed by atoms with van der Waals surface area (Å²) in [4.78, 5) is 14.9. The van der Waals surface area contributed by atoms with Crippen molar-refractivity contribution < 1.29 is 9.53 Å². The largest absolute Gasteiger partial charge is 0.378 e. The SMILES string of the molecule is CNc1snc(C)c1C(=O)NCC(C)(C)N1CC(C)OC(C)C1. The minimum Gasteiger partial charge on any atom is -0.378 e. The number of hydrogen-bond acceptors (Lipinski definition) is 6. The summed E-state index contributed by atoms with van der Waals surface area (Å²) in [5, 5.41) is 6.92. The van der Waals surface area contributed by atoms with Crippen molar-refractivity contribution in [1.82, 2.24) is 14.6 Å². The van der Waals surface area contributed by atoms with Gasteiger partial charge in [-0.2, -0.15) is 4.37 Å². The molecule has 2 atom stereocenters. The molecule has 130 valence electrons. The van der Waals surface area contributed by atoms with Crippen molar-refractivity contribution in [2.75, 3.05) is 32.0 Å². The summed E-state index contributed by atoms with van der Waals surface area (Å²) in [5.41, 5.74) is 1.29. The van der Waals surface area contributed by atoms with Gasteiger partial charge in [-0.1, -0.05) is 0 Å². The number of carbonyl (C=O) groups is 1. The average molecular weight is 340 g/mol. The van der Waals surface area contributed by atoms with Gasteiger partial charge in [0.25, 0.3) is 5.91 Å². The molecule has 1 aromatic heterocycles. The van der Waals surface area contributed by atoms with E-state index in [0.29, 0.717) is 12.1 Å². The Morgan fingerprint density at radius 3 is 2.57 bits per heavy atom. The Hall–Kier alpha value is -1.18. The summed E-state index contributed by atoms with van der Waals surface area (Å²) >= 11 is 1.32. The van der Waals surface area contributed by atoms with Crippen LogP contribution in [0.5, 0.6) is 0 Å². The molecule has 0 saturated carbocycles. The Bertz CT molecular complexity index is 548. The van der Waals surface area contributed by atoms with Gasteiger partial charge in [-0.05, 0) is 46.2 Å². The lowest BCUT2D eigenvalue weighted by atomic mass is 10.00. The third-order valence-electron chi connectivity index (χ3n) is 4.27. The molecule has 0 aliphatic carbocycles. The lowest BCUT2D eigenvalue weighted by Crippen LogP contribution is -2.58. The molecule has 1 fully saturated rings. The standard InChI is InChI=1S/C16H28N4O2S/c1-10-7-20(8-11(2)22-10)16(4,5)9-18-14(21)13-12(3)19-23-15(13)17-6/h10-11,17H,7-9H2,1-6H3,(H,18,21). The Balaban J connectivity index is 2.01. The van der Waals surface area contributed by atoms with E-state index in [2.05, 4.69) is 47.6 Å². The number of hydrogen-bond donors (Lipinski definition) is 2. The third-order valence-corrected chi connectivity index (χ3v) is 5.23. The molecular formula is C16H28N4O2S. The van der Waals surface area contributed by atoms with Crippen molar-refractivity contribution in [3.63, 3.8) is 0 Å². The second kappa shape index (κ2) is 7.15. The molecule has 1 aliphatic rings. The van der Waals surface area contributed by atoms with E-state index in [9.17, 15) is 4.79 Å². The molecule has 6 nitrogen and oxygen atoms in total. The summed E-state index contributed by atoms with van der Waals surface area (Å²) in [6.45, 7) is 12.7. The van der Waals surface area contributed by atoms with Crippen LogP contribution in [0.4, 0.5) is 5.00 Å². The molecule has 2 unspecified atom stereocenters. The van der Waals surface area contributed by atoms with Crippen LogP contribution in [0.1, 0.15) is 43.7 Å². The lowest BCUT2D eigenvalue weighted by molar-refractivity contribution is -0.0948. The van der Waals surface area contributed by atoms with Crippen LogP contribution in [0.3, 0.4) is 0 Å². The second-order valence-electron chi connectivity index (χ2n) is 6.88. The van der Waals surface area contributed by atoms with Crippen LogP contribution in [0.25, 0.3) is 0 Å². The van der Waals surface area contributed by atoms with Crippen LogP contribution in [0.2, 0.25) is 0 Å². The van der Waals surface area contributed by atoms with Crippen LogP contribution in [0.15, 0.2) is 0 Å². The van der Waals surface area contributed by atoms with Crippen LogP contribution in [-0.2, 0) is 4.74 Å². The van der Waals surface area contributed by atoms with E-state index in [1.165, 1.54) is 11.5 Å². The zero-order valence-corrected chi connectivity index (χ0v) is 15.7. The molecule has 2 N–H and O–H groups in total. The Morgan fingerprint density at radius 1 is 1.39 bits per heavy atom. The summed E-state index contributed by atoms with van der Waals surface area (Å²) < 4.78 is 10.1. The van der Waals surface area contributed by atoms with Gasteiger partial charge in [-0.25, -0.2) is 0 Å². The number of carbonyl (C=O) groups excluding carboxylic acids is 1. The molecule has 2 heterocycles. The minimum absolute atomic E-state index is 0.0666. The second-order valence-corrected chi connectivity index (χ2v) is 7.65. The quantitative estimate of drug-likeness (QED) is 0.859. The van der Waals surface area contributed by atoms with Crippen molar-refractivity contribution in [2.45, 2.75) is 52.4 Å². The highest BCUT2D eigenvalue weighted by molar-refractivity contribution is 7.10. The number of nitrogens with zero attached hydrogens (tertiary/aromatic N) is 2. The summed E-state index contributed by atoms with van der Waals surface area (Å²) in [6, 6.07) is 0. The van der Waals surface area contributed by atoms with E-state index in [1.807, 2.05) is 14.0 Å². The van der Waals surface area contributed by atoms with Gasteiger partial charge < -0.3 is 15.4 Å². The van der Waals surface area contributed by atoms with Gasteiger partial charge in [0.1, 0.15) is 5.00 Å². The van der Waals surface area contributed by atoms with E-state index in [4.69, 9.17) is 4.74 Å². The van der Waals surface area contributed by atoms with Crippen LogP contribution in [-0.4, -0.2) is 59.6 Å². The first-order valence-electron chi connectivity index (χ1n) is 8.07. The van der Waals surface area contributed by atoms with Crippen molar-refractivity contribution in [2.24, 2.45) is 0 Å². The normalized spacial score (nSPS) is 22.9. The molecule has 0 spiro atoms. The van der Waals surface area contributed by atoms with E-state index in [-0.39, 0.29) is 23.7 Å². The van der Waals surface area contributed by atoms with Crippen molar-refractivity contribution in [1.29, 1.82) is 0 Å². The van der Waals surface area contributed by atoms with E-state index >= 15 is 0 Å². The molecule has 0 aromatic carbocycles. The van der Waals surface area contributed by atoms with Gasteiger partial charge in [-0.15, -0.1) is 0 Å². The minimum atomic E-state index is -0.126. The predicted octanol–water partition coefficient (Wildman–Crippen LogP) is 2.11. The number of morpholine rings is 1. The molecule has 1 saturated heterocycles. The number of anilines is 1. The van der Waals surface area contributed by atoms with Gasteiger partial charge in [0, 0.05) is 32.2 Å². The van der Waals surface area contributed by atoms with E-state index in [1.54, 1.807) is 0 Å². The average Bonchev–Trinajstić information content (AvgIpc) is 2.85. The fourth-order valence-electron chi connectivity index (χ4n) is 2.98. The molecule has 23 heavy (non-hydrogen) atoms. The fraction of sp³-hybridized carbons (Fsp3) is 0.750. The predicted molar refractivity (Wildman–Crippen MR) is 94.4 cm³/mol. The molecule has 7 heteroatoms. The smallest absolute Gasteiger partial charge is 0.256 e. The number of aryl methyl sites for hydroxylation is 1. The first-order valence-corrected chi connectivity index (χ1v) is 8.84. The first-order chi connectivity index (χ1) is 10.7.